The van der Waals surface area contributed by atoms with Gasteiger partial charge in [-0.15, -0.1) is 5.10 Å². The summed E-state index contributed by atoms with van der Waals surface area (Å²) in [5, 5.41) is 4.43. The first-order chi connectivity index (χ1) is 15.8. The lowest BCUT2D eigenvalue weighted by atomic mass is 9.78. The molecule has 7 heteroatoms. The van der Waals surface area contributed by atoms with Crippen LogP contribution in [0.25, 0.3) is 22.4 Å². The standard InChI is InChI=1S/C27H29N3O3S/c1-16(31)33-22-19(26(2,3)4)13-17(14-20(22)27(5,6)7)15-21-24(32)30-25(34-21)28-23(29-30)18-11-9-8-10-12-18/h8-15H,1-7H3. The van der Waals surface area contributed by atoms with Crippen LogP contribution in [0.4, 0.5) is 0 Å². The van der Waals surface area contributed by atoms with E-state index in [4.69, 9.17) is 4.74 Å². The lowest BCUT2D eigenvalue weighted by Gasteiger charge is -2.29. The van der Waals surface area contributed by atoms with Gasteiger partial charge in [0.05, 0.1) is 4.53 Å². The molecule has 0 aliphatic rings. The van der Waals surface area contributed by atoms with Gasteiger partial charge in [0.15, 0.2) is 5.82 Å². The van der Waals surface area contributed by atoms with Gasteiger partial charge in [0.1, 0.15) is 5.75 Å². The Labute approximate surface area is 202 Å². The molecule has 0 bridgehead atoms. The Balaban J connectivity index is 1.90. The Morgan fingerprint density at radius 3 is 2.09 bits per heavy atom. The quantitative estimate of drug-likeness (QED) is 0.312. The predicted molar refractivity (Wildman–Crippen MR) is 137 cm³/mol. The molecule has 0 amide bonds. The summed E-state index contributed by atoms with van der Waals surface area (Å²) in [6.07, 6.45) is 1.87. The largest absolute Gasteiger partial charge is 0.426 e. The second-order valence-electron chi connectivity index (χ2n) is 10.5. The fourth-order valence-electron chi connectivity index (χ4n) is 3.80. The first-order valence-electron chi connectivity index (χ1n) is 11.2. The van der Waals surface area contributed by atoms with E-state index in [0.717, 1.165) is 22.3 Å². The molecule has 0 N–H and O–H groups in total. The number of esters is 1. The van der Waals surface area contributed by atoms with E-state index in [2.05, 4.69) is 51.6 Å². The van der Waals surface area contributed by atoms with Crippen molar-refractivity contribution in [1.29, 1.82) is 0 Å². The van der Waals surface area contributed by atoms with Crippen LogP contribution in [0, 0.1) is 0 Å². The van der Waals surface area contributed by atoms with E-state index in [1.807, 2.05) is 48.5 Å². The number of fused-ring (bicyclic) bond motifs is 1. The molecule has 34 heavy (non-hydrogen) atoms. The Morgan fingerprint density at radius 1 is 1.00 bits per heavy atom. The number of benzene rings is 2. The maximum atomic E-state index is 13.1. The number of aromatic nitrogens is 3. The third-order valence-corrected chi connectivity index (χ3v) is 6.44. The highest BCUT2D eigenvalue weighted by atomic mass is 32.1. The minimum absolute atomic E-state index is 0.201. The summed E-state index contributed by atoms with van der Waals surface area (Å²) in [4.78, 5) is 30.1. The van der Waals surface area contributed by atoms with E-state index in [1.54, 1.807) is 0 Å². The molecule has 0 radical (unpaired) electrons. The minimum atomic E-state index is -0.352. The molecule has 0 unspecified atom stereocenters. The Kier molecular flexibility index (Phi) is 5.94. The number of hydrogen-bond donors (Lipinski definition) is 0. The van der Waals surface area contributed by atoms with Crippen molar-refractivity contribution >= 4 is 28.3 Å². The highest BCUT2D eigenvalue weighted by molar-refractivity contribution is 7.15. The lowest BCUT2D eigenvalue weighted by molar-refractivity contribution is -0.132. The van der Waals surface area contributed by atoms with Gasteiger partial charge in [-0.05, 0) is 34.6 Å². The highest BCUT2D eigenvalue weighted by Crippen LogP contribution is 2.41. The third-order valence-electron chi connectivity index (χ3n) is 5.48. The maximum Gasteiger partial charge on any atom is 0.308 e. The van der Waals surface area contributed by atoms with Crippen molar-refractivity contribution < 1.29 is 9.53 Å². The van der Waals surface area contributed by atoms with Gasteiger partial charge in [-0.25, -0.2) is 0 Å². The van der Waals surface area contributed by atoms with E-state index in [-0.39, 0.29) is 22.4 Å². The number of nitrogens with zero attached hydrogens (tertiary/aromatic N) is 3. The zero-order valence-electron chi connectivity index (χ0n) is 20.6. The molecule has 0 fully saturated rings. The van der Waals surface area contributed by atoms with Crippen molar-refractivity contribution in [1.82, 2.24) is 14.6 Å². The van der Waals surface area contributed by atoms with Gasteiger partial charge >= 0.3 is 5.97 Å². The van der Waals surface area contributed by atoms with Crippen molar-refractivity contribution in [3.63, 3.8) is 0 Å². The average molecular weight is 476 g/mol. The molecule has 2 heterocycles. The summed E-state index contributed by atoms with van der Waals surface area (Å²) in [7, 11) is 0. The van der Waals surface area contributed by atoms with Crippen LogP contribution in [0.2, 0.25) is 0 Å². The van der Waals surface area contributed by atoms with Crippen LogP contribution in [0.3, 0.4) is 0 Å². The fraction of sp³-hybridized carbons (Fsp3) is 0.333. The molecular weight excluding hydrogens is 446 g/mol. The van der Waals surface area contributed by atoms with Crippen LogP contribution in [0.1, 0.15) is 65.2 Å². The van der Waals surface area contributed by atoms with Gasteiger partial charge in [-0.3, -0.25) is 9.59 Å². The molecule has 0 aliphatic heterocycles. The van der Waals surface area contributed by atoms with Gasteiger partial charge in [0, 0.05) is 23.6 Å². The summed E-state index contributed by atoms with van der Waals surface area (Å²) < 4.78 is 7.63. The Bertz CT molecular complexity index is 1450. The number of hydrogen-bond acceptors (Lipinski definition) is 6. The van der Waals surface area contributed by atoms with Crippen molar-refractivity contribution in [3.8, 4) is 17.1 Å². The van der Waals surface area contributed by atoms with Crippen molar-refractivity contribution in [2.45, 2.75) is 59.3 Å². The molecule has 0 aliphatic carbocycles. The highest BCUT2D eigenvalue weighted by Gasteiger charge is 2.28. The van der Waals surface area contributed by atoms with Gasteiger partial charge in [-0.1, -0.05) is 83.2 Å². The van der Waals surface area contributed by atoms with Crippen LogP contribution in [0.5, 0.6) is 5.75 Å². The van der Waals surface area contributed by atoms with Crippen molar-refractivity contribution in [3.05, 3.63) is 74.0 Å². The van der Waals surface area contributed by atoms with Crippen LogP contribution >= 0.6 is 11.3 Å². The summed E-state index contributed by atoms with van der Waals surface area (Å²) in [6, 6.07) is 13.6. The lowest BCUT2D eigenvalue weighted by Crippen LogP contribution is -2.24. The van der Waals surface area contributed by atoms with Crippen LogP contribution in [0.15, 0.2) is 47.3 Å². The van der Waals surface area contributed by atoms with Gasteiger partial charge in [0.25, 0.3) is 5.56 Å². The number of rotatable bonds is 3. The molecular formula is C27H29N3O3S. The molecule has 6 nitrogen and oxygen atoms in total. The van der Waals surface area contributed by atoms with Crippen LogP contribution in [-0.2, 0) is 15.6 Å². The second-order valence-corrected chi connectivity index (χ2v) is 11.5. The van der Waals surface area contributed by atoms with E-state index in [0.29, 0.717) is 21.1 Å². The molecule has 2 aromatic heterocycles. The molecule has 0 spiro atoms. The van der Waals surface area contributed by atoms with E-state index >= 15 is 0 Å². The maximum absolute atomic E-state index is 13.1. The normalized spacial score (nSPS) is 13.0. The monoisotopic (exact) mass is 475 g/mol. The Morgan fingerprint density at radius 2 is 1.59 bits per heavy atom. The van der Waals surface area contributed by atoms with E-state index < -0.39 is 0 Å². The number of ether oxygens (including phenoxy) is 1. The molecule has 0 atom stereocenters. The van der Waals surface area contributed by atoms with Crippen LogP contribution < -0.4 is 14.8 Å². The van der Waals surface area contributed by atoms with Crippen molar-refractivity contribution in [2.24, 2.45) is 0 Å². The Hall–Kier alpha value is -3.32. The van der Waals surface area contributed by atoms with E-state index in [1.165, 1.54) is 22.8 Å². The zero-order chi connectivity index (χ0) is 24.8. The number of carbonyl (C=O) groups is 1. The minimum Gasteiger partial charge on any atom is -0.426 e. The first kappa shape index (κ1) is 23.8. The smallest absolute Gasteiger partial charge is 0.308 e. The van der Waals surface area contributed by atoms with Gasteiger partial charge in [-0.2, -0.15) is 9.50 Å². The first-order valence-corrected chi connectivity index (χ1v) is 12.0. The topological polar surface area (TPSA) is 73.6 Å². The molecule has 2 aromatic carbocycles. The van der Waals surface area contributed by atoms with Gasteiger partial charge in [0.2, 0.25) is 4.96 Å². The van der Waals surface area contributed by atoms with Crippen molar-refractivity contribution in [2.75, 3.05) is 0 Å². The molecule has 0 saturated carbocycles. The fourth-order valence-corrected chi connectivity index (χ4v) is 4.70. The third kappa shape index (κ3) is 4.66. The van der Waals surface area contributed by atoms with Gasteiger partial charge < -0.3 is 4.74 Å². The number of carbonyl (C=O) groups excluding carboxylic acids is 1. The zero-order valence-corrected chi connectivity index (χ0v) is 21.4. The number of thiazole rings is 1. The molecule has 4 rings (SSSR count). The molecule has 0 saturated heterocycles. The SMILES string of the molecule is CC(=O)Oc1c(C(C)(C)C)cc(C=c2sc3nc(-c4ccccc4)nn3c2=O)cc1C(C)(C)C. The summed E-state index contributed by atoms with van der Waals surface area (Å²) in [5.41, 5.74) is 2.83. The second kappa shape index (κ2) is 8.47. The van der Waals surface area contributed by atoms with Crippen LogP contribution in [-0.4, -0.2) is 20.6 Å². The van der Waals surface area contributed by atoms with E-state index in [9.17, 15) is 9.59 Å². The molecule has 4 aromatic rings. The predicted octanol–water partition coefficient (Wildman–Crippen LogP) is 4.89. The average Bonchev–Trinajstić information content (AvgIpc) is 3.27. The molecule has 176 valence electrons. The summed E-state index contributed by atoms with van der Waals surface area (Å²) >= 11 is 1.31. The summed E-state index contributed by atoms with van der Waals surface area (Å²) in [5.74, 6) is 0.780. The summed E-state index contributed by atoms with van der Waals surface area (Å²) in [6.45, 7) is 13.9.